The first-order valence-electron chi connectivity index (χ1n) is 5.53. The molecule has 1 saturated heterocycles. The fourth-order valence-corrected chi connectivity index (χ4v) is 1.88. The number of aromatic nitrogens is 1. The van der Waals surface area contributed by atoms with Crippen LogP contribution in [0.5, 0.6) is 5.88 Å². The molecule has 0 aliphatic carbocycles. The molecule has 1 unspecified atom stereocenters. The number of ether oxygens (including phenoxy) is 2. The molecule has 1 fully saturated rings. The van der Waals surface area contributed by atoms with E-state index in [9.17, 15) is 5.11 Å². The molecule has 0 amide bonds. The number of rotatable bonds is 3. The summed E-state index contributed by atoms with van der Waals surface area (Å²) in [4.78, 5) is 4.33. The van der Waals surface area contributed by atoms with Crippen LogP contribution < -0.4 is 4.74 Å². The minimum Gasteiger partial charge on any atom is -0.472 e. The van der Waals surface area contributed by atoms with Gasteiger partial charge in [-0.05, 0) is 25.5 Å². The fourth-order valence-electron chi connectivity index (χ4n) is 1.88. The molecule has 0 spiro atoms. The summed E-state index contributed by atoms with van der Waals surface area (Å²) >= 11 is 0. The highest BCUT2D eigenvalue weighted by molar-refractivity contribution is 5.35. The lowest BCUT2D eigenvalue weighted by molar-refractivity contribution is 0.135. The van der Waals surface area contributed by atoms with Crippen LogP contribution in [0.2, 0.25) is 0 Å². The average molecular weight is 223 g/mol. The molecule has 1 aromatic rings. The SMILES string of the molecule is Cc1cc(C)c(CO)c(OC2CCOC2)n1. The van der Waals surface area contributed by atoms with Gasteiger partial charge in [-0.2, -0.15) is 0 Å². The van der Waals surface area contributed by atoms with E-state index in [0.717, 1.165) is 29.8 Å². The molecule has 1 aliphatic rings. The molecule has 16 heavy (non-hydrogen) atoms. The first-order chi connectivity index (χ1) is 7.70. The molecule has 0 aromatic carbocycles. The lowest BCUT2D eigenvalue weighted by atomic mass is 10.1. The third kappa shape index (κ3) is 2.33. The van der Waals surface area contributed by atoms with Gasteiger partial charge in [-0.25, -0.2) is 4.98 Å². The first kappa shape index (κ1) is 11.4. The predicted octanol–water partition coefficient (Wildman–Crippen LogP) is 1.36. The Morgan fingerprint density at radius 3 is 3.00 bits per heavy atom. The zero-order valence-corrected chi connectivity index (χ0v) is 9.69. The third-order valence-electron chi connectivity index (χ3n) is 2.76. The van der Waals surface area contributed by atoms with Gasteiger partial charge in [-0.15, -0.1) is 0 Å². The van der Waals surface area contributed by atoms with E-state index < -0.39 is 0 Å². The van der Waals surface area contributed by atoms with Crippen LogP contribution >= 0.6 is 0 Å². The van der Waals surface area contributed by atoms with E-state index in [-0.39, 0.29) is 12.7 Å². The van der Waals surface area contributed by atoms with Crippen molar-refractivity contribution in [2.24, 2.45) is 0 Å². The molecule has 1 aliphatic heterocycles. The highest BCUT2D eigenvalue weighted by Gasteiger charge is 2.20. The van der Waals surface area contributed by atoms with Gasteiger partial charge < -0.3 is 14.6 Å². The molecule has 1 aromatic heterocycles. The second kappa shape index (κ2) is 4.80. The van der Waals surface area contributed by atoms with Gasteiger partial charge in [-0.3, -0.25) is 0 Å². The molecule has 0 saturated carbocycles. The molecule has 0 bridgehead atoms. The van der Waals surface area contributed by atoms with Crippen LogP contribution in [0, 0.1) is 13.8 Å². The molecular formula is C12H17NO3. The van der Waals surface area contributed by atoms with Crippen LogP contribution in [-0.4, -0.2) is 29.4 Å². The summed E-state index contributed by atoms with van der Waals surface area (Å²) in [5.41, 5.74) is 2.70. The van der Waals surface area contributed by atoms with Crippen LogP contribution in [0.1, 0.15) is 23.2 Å². The van der Waals surface area contributed by atoms with E-state index in [2.05, 4.69) is 4.98 Å². The number of aliphatic hydroxyl groups excluding tert-OH is 1. The smallest absolute Gasteiger partial charge is 0.219 e. The lowest BCUT2D eigenvalue weighted by Gasteiger charge is -2.15. The monoisotopic (exact) mass is 223 g/mol. The van der Waals surface area contributed by atoms with Crippen molar-refractivity contribution in [2.45, 2.75) is 33.0 Å². The number of hydrogen-bond acceptors (Lipinski definition) is 4. The zero-order chi connectivity index (χ0) is 11.5. The first-order valence-corrected chi connectivity index (χ1v) is 5.53. The van der Waals surface area contributed by atoms with Crippen molar-refractivity contribution in [3.63, 3.8) is 0 Å². The van der Waals surface area contributed by atoms with E-state index in [1.165, 1.54) is 0 Å². The Morgan fingerprint density at radius 2 is 2.38 bits per heavy atom. The standard InChI is InChI=1S/C12H17NO3/c1-8-5-9(2)13-12(11(8)6-14)16-10-3-4-15-7-10/h5,10,14H,3-4,6-7H2,1-2H3. The van der Waals surface area contributed by atoms with E-state index in [1.807, 2.05) is 19.9 Å². The molecular weight excluding hydrogens is 206 g/mol. The molecule has 2 rings (SSSR count). The minimum absolute atomic E-state index is 0.0397. The van der Waals surface area contributed by atoms with E-state index in [0.29, 0.717) is 12.5 Å². The third-order valence-corrected chi connectivity index (χ3v) is 2.76. The molecule has 1 N–H and O–H groups in total. The molecule has 88 valence electrons. The number of hydrogen-bond donors (Lipinski definition) is 1. The van der Waals surface area contributed by atoms with Gasteiger partial charge in [0.05, 0.1) is 19.8 Å². The number of aryl methyl sites for hydroxylation is 2. The second-order valence-electron chi connectivity index (χ2n) is 4.13. The maximum Gasteiger partial charge on any atom is 0.219 e. The molecule has 1 atom stereocenters. The summed E-state index contributed by atoms with van der Waals surface area (Å²) in [6.07, 6.45) is 0.957. The van der Waals surface area contributed by atoms with Gasteiger partial charge in [-0.1, -0.05) is 0 Å². The highest BCUT2D eigenvalue weighted by Crippen LogP contribution is 2.23. The van der Waals surface area contributed by atoms with Crippen molar-refractivity contribution in [1.29, 1.82) is 0 Å². The van der Waals surface area contributed by atoms with Gasteiger partial charge in [0.1, 0.15) is 6.10 Å². The Balaban J connectivity index is 2.23. The number of aliphatic hydroxyl groups is 1. The minimum atomic E-state index is -0.0397. The van der Waals surface area contributed by atoms with Crippen LogP contribution in [-0.2, 0) is 11.3 Å². The Bertz CT molecular complexity index is 373. The largest absolute Gasteiger partial charge is 0.472 e. The van der Waals surface area contributed by atoms with Gasteiger partial charge >= 0.3 is 0 Å². The van der Waals surface area contributed by atoms with Gasteiger partial charge in [0.2, 0.25) is 5.88 Å². The van der Waals surface area contributed by atoms with E-state index in [1.54, 1.807) is 0 Å². The Labute approximate surface area is 95.2 Å². The Kier molecular flexibility index (Phi) is 3.41. The summed E-state index contributed by atoms with van der Waals surface area (Å²) in [6, 6.07) is 1.95. The van der Waals surface area contributed by atoms with E-state index in [4.69, 9.17) is 9.47 Å². The topological polar surface area (TPSA) is 51.6 Å². The van der Waals surface area contributed by atoms with Gasteiger partial charge in [0, 0.05) is 17.7 Å². The zero-order valence-electron chi connectivity index (χ0n) is 9.69. The fraction of sp³-hybridized carbons (Fsp3) is 0.583. The summed E-state index contributed by atoms with van der Waals surface area (Å²) in [5.74, 6) is 0.551. The van der Waals surface area contributed by atoms with Crippen LogP contribution in [0.4, 0.5) is 0 Å². The van der Waals surface area contributed by atoms with Gasteiger partial charge in [0.25, 0.3) is 0 Å². The van der Waals surface area contributed by atoms with Crippen molar-refractivity contribution in [1.82, 2.24) is 4.98 Å². The highest BCUT2D eigenvalue weighted by atomic mass is 16.5. The maximum absolute atomic E-state index is 9.31. The van der Waals surface area contributed by atoms with Gasteiger partial charge in [0.15, 0.2) is 0 Å². The Morgan fingerprint density at radius 1 is 1.56 bits per heavy atom. The number of pyridine rings is 1. The average Bonchev–Trinajstić information content (AvgIpc) is 2.70. The van der Waals surface area contributed by atoms with Crippen LogP contribution in [0.25, 0.3) is 0 Å². The summed E-state index contributed by atoms with van der Waals surface area (Å²) in [7, 11) is 0. The summed E-state index contributed by atoms with van der Waals surface area (Å²) in [6.45, 7) is 5.19. The lowest BCUT2D eigenvalue weighted by Crippen LogP contribution is -2.18. The van der Waals surface area contributed by atoms with Crippen molar-refractivity contribution in [3.05, 3.63) is 22.9 Å². The second-order valence-corrected chi connectivity index (χ2v) is 4.13. The van der Waals surface area contributed by atoms with Crippen molar-refractivity contribution < 1.29 is 14.6 Å². The summed E-state index contributed by atoms with van der Waals surface area (Å²) < 4.78 is 11.0. The quantitative estimate of drug-likeness (QED) is 0.840. The van der Waals surface area contributed by atoms with Crippen molar-refractivity contribution >= 4 is 0 Å². The predicted molar refractivity (Wildman–Crippen MR) is 59.5 cm³/mol. The van der Waals surface area contributed by atoms with Crippen molar-refractivity contribution in [2.75, 3.05) is 13.2 Å². The van der Waals surface area contributed by atoms with Crippen LogP contribution in [0.3, 0.4) is 0 Å². The Hall–Kier alpha value is -1.13. The maximum atomic E-state index is 9.31. The van der Waals surface area contributed by atoms with E-state index >= 15 is 0 Å². The van der Waals surface area contributed by atoms with Crippen LogP contribution in [0.15, 0.2) is 6.07 Å². The molecule has 4 nitrogen and oxygen atoms in total. The normalized spacial score (nSPS) is 20.1. The van der Waals surface area contributed by atoms with Crippen molar-refractivity contribution in [3.8, 4) is 5.88 Å². The molecule has 0 radical (unpaired) electrons. The molecule has 4 heteroatoms. The number of nitrogens with zero attached hydrogens (tertiary/aromatic N) is 1. The summed E-state index contributed by atoms with van der Waals surface area (Å²) in [5, 5.41) is 9.31. The molecule has 2 heterocycles.